The first-order valence-corrected chi connectivity index (χ1v) is 7.63. The fourth-order valence-electron chi connectivity index (χ4n) is 2.20. The minimum Gasteiger partial charge on any atom is -0.324 e. The van der Waals surface area contributed by atoms with E-state index in [4.69, 9.17) is 16.9 Å². The van der Waals surface area contributed by atoms with E-state index in [-0.39, 0.29) is 18.4 Å². The normalized spacial score (nSPS) is 9.92. The highest BCUT2D eigenvalue weighted by Crippen LogP contribution is 2.20. The molecule has 0 aliphatic rings. The Balaban J connectivity index is 2.13. The number of nitrogens with one attached hydrogen (secondary N) is 1. The lowest BCUT2D eigenvalue weighted by atomic mass is 10.2. The number of aryl methyl sites for hydroxylation is 1. The molecule has 0 bridgehead atoms. The van der Waals surface area contributed by atoms with Gasteiger partial charge in [0.2, 0.25) is 11.8 Å². The summed E-state index contributed by atoms with van der Waals surface area (Å²) < 4.78 is 0. The van der Waals surface area contributed by atoms with Crippen LogP contribution in [-0.2, 0) is 9.59 Å². The Morgan fingerprint density at radius 1 is 1.21 bits per heavy atom. The van der Waals surface area contributed by atoms with E-state index in [1.807, 2.05) is 13.0 Å². The maximum atomic E-state index is 12.3. The molecule has 0 spiro atoms. The maximum Gasteiger partial charge on any atom is 0.244 e. The van der Waals surface area contributed by atoms with Gasteiger partial charge in [-0.25, -0.2) is 0 Å². The average Bonchev–Trinajstić information content (AvgIpc) is 2.55. The third-order valence-electron chi connectivity index (χ3n) is 3.45. The van der Waals surface area contributed by atoms with E-state index in [0.717, 1.165) is 5.56 Å². The molecule has 2 aromatic rings. The van der Waals surface area contributed by atoms with Crippen molar-refractivity contribution in [1.29, 1.82) is 5.26 Å². The number of benzene rings is 2. The third kappa shape index (κ3) is 4.34. The van der Waals surface area contributed by atoms with E-state index >= 15 is 0 Å². The fraction of sp³-hybridized carbons (Fsp3) is 0.167. The number of amides is 2. The van der Waals surface area contributed by atoms with Gasteiger partial charge in [0.25, 0.3) is 0 Å². The Kier molecular flexibility index (Phi) is 5.56. The van der Waals surface area contributed by atoms with Crippen LogP contribution in [0.5, 0.6) is 0 Å². The third-order valence-corrected chi connectivity index (χ3v) is 3.69. The van der Waals surface area contributed by atoms with Crippen LogP contribution in [-0.4, -0.2) is 18.4 Å². The lowest BCUT2D eigenvalue weighted by molar-refractivity contribution is -0.120. The minimum absolute atomic E-state index is 0.122. The highest BCUT2D eigenvalue weighted by Gasteiger charge is 2.16. The van der Waals surface area contributed by atoms with Crippen molar-refractivity contribution in [3.63, 3.8) is 0 Å². The second-order valence-corrected chi connectivity index (χ2v) is 5.71. The topological polar surface area (TPSA) is 73.2 Å². The van der Waals surface area contributed by atoms with Crippen LogP contribution in [0.25, 0.3) is 0 Å². The number of rotatable bonds is 4. The first-order valence-electron chi connectivity index (χ1n) is 7.25. The Morgan fingerprint density at radius 2 is 1.88 bits per heavy atom. The minimum atomic E-state index is -0.319. The number of hydrogen-bond donors (Lipinski definition) is 1. The lowest BCUT2D eigenvalue weighted by Gasteiger charge is -2.21. The molecule has 122 valence electrons. The summed E-state index contributed by atoms with van der Waals surface area (Å²) in [6, 6.07) is 13.7. The van der Waals surface area contributed by atoms with Crippen molar-refractivity contribution in [3.05, 3.63) is 58.6 Å². The predicted octanol–water partition coefficient (Wildman–Crippen LogP) is 3.51. The maximum absolute atomic E-state index is 12.3. The summed E-state index contributed by atoms with van der Waals surface area (Å²) >= 11 is 5.90. The molecule has 2 aromatic carbocycles. The predicted molar refractivity (Wildman–Crippen MR) is 94.0 cm³/mol. The van der Waals surface area contributed by atoms with Crippen LogP contribution in [0.3, 0.4) is 0 Å². The molecule has 0 aliphatic carbocycles. The largest absolute Gasteiger partial charge is 0.324 e. The van der Waals surface area contributed by atoms with Crippen molar-refractivity contribution in [3.8, 4) is 6.07 Å². The second kappa shape index (κ2) is 7.62. The monoisotopic (exact) mass is 341 g/mol. The molecule has 1 N–H and O–H groups in total. The van der Waals surface area contributed by atoms with Crippen LogP contribution < -0.4 is 10.2 Å². The Morgan fingerprint density at radius 3 is 2.42 bits per heavy atom. The van der Waals surface area contributed by atoms with E-state index in [2.05, 4.69) is 5.32 Å². The summed E-state index contributed by atoms with van der Waals surface area (Å²) in [6.45, 7) is 3.10. The molecule has 24 heavy (non-hydrogen) atoms. The second-order valence-electron chi connectivity index (χ2n) is 5.27. The molecule has 0 aliphatic heterocycles. The van der Waals surface area contributed by atoms with Crippen LogP contribution in [0.1, 0.15) is 18.1 Å². The standard InChI is InChI=1S/C18H16ClN3O2/c1-12-9-15(19)5-8-17(12)21-18(24)11-22(13(2)23)16-6-3-14(10-20)4-7-16/h3-9H,11H2,1-2H3,(H,21,24). The molecule has 2 rings (SSSR count). The molecule has 0 fully saturated rings. The zero-order valence-electron chi connectivity index (χ0n) is 13.3. The SMILES string of the molecule is CC(=O)N(CC(=O)Nc1ccc(Cl)cc1C)c1ccc(C#N)cc1. The lowest BCUT2D eigenvalue weighted by Crippen LogP contribution is -2.36. The Labute approximate surface area is 145 Å². The van der Waals surface area contributed by atoms with Crippen molar-refractivity contribution in [1.82, 2.24) is 0 Å². The highest BCUT2D eigenvalue weighted by atomic mass is 35.5. The van der Waals surface area contributed by atoms with Gasteiger partial charge in [-0.3, -0.25) is 9.59 Å². The first kappa shape index (κ1) is 17.5. The molecule has 2 amide bonds. The van der Waals surface area contributed by atoms with Crippen LogP contribution in [0, 0.1) is 18.3 Å². The van der Waals surface area contributed by atoms with Crippen LogP contribution in [0.2, 0.25) is 5.02 Å². The van der Waals surface area contributed by atoms with Crippen molar-refractivity contribution in [2.24, 2.45) is 0 Å². The van der Waals surface area contributed by atoms with Crippen molar-refractivity contribution in [2.45, 2.75) is 13.8 Å². The van der Waals surface area contributed by atoms with Crippen LogP contribution in [0.15, 0.2) is 42.5 Å². The molecule has 0 atom stereocenters. The van der Waals surface area contributed by atoms with Crippen molar-refractivity contribution in [2.75, 3.05) is 16.8 Å². The molecular formula is C18H16ClN3O2. The van der Waals surface area contributed by atoms with Gasteiger partial charge in [-0.2, -0.15) is 5.26 Å². The summed E-state index contributed by atoms with van der Waals surface area (Å²) in [5, 5.41) is 12.2. The van der Waals surface area contributed by atoms with Gasteiger partial charge >= 0.3 is 0 Å². The molecule has 0 aromatic heterocycles. The van der Waals surface area contributed by atoms with E-state index in [9.17, 15) is 9.59 Å². The number of carbonyl (C=O) groups excluding carboxylic acids is 2. The average molecular weight is 342 g/mol. The van der Waals surface area contributed by atoms with Crippen LogP contribution in [0.4, 0.5) is 11.4 Å². The number of halogens is 1. The van der Waals surface area contributed by atoms with E-state index < -0.39 is 0 Å². The summed E-state index contributed by atoms with van der Waals surface area (Å²) in [7, 11) is 0. The Hall–Kier alpha value is -2.84. The van der Waals surface area contributed by atoms with Gasteiger partial charge in [0.1, 0.15) is 6.54 Å². The van der Waals surface area contributed by atoms with Crippen LogP contribution >= 0.6 is 11.6 Å². The van der Waals surface area contributed by atoms with Gasteiger partial charge in [-0.15, -0.1) is 0 Å². The number of anilines is 2. The van der Waals surface area contributed by atoms with Crippen molar-refractivity contribution < 1.29 is 9.59 Å². The van der Waals surface area contributed by atoms with Gasteiger partial charge in [0.05, 0.1) is 11.6 Å². The van der Waals surface area contributed by atoms with E-state index in [1.165, 1.54) is 11.8 Å². The zero-order valence-corrected chi connectivity index (χ0v) is 14.1. The molecule has 0 saturated heterocycles. The summed E-state index contributed by atoms with van der Waals surface area (Å²) in [5.74, 6) is -0.581. The Bertz CT molecular complexity index is 810. The number of nitrogens with zero attached hydrogens (tertiary/aromatic N) is 2. The quantitative estimate of drug-likeness (QED) is 0.924. The fourth-order valence-corrected chi connectivity index (χ4v) is 2.43. The van der Waals surface area contributed by atoms with Crippen molar-refractivity contribution >= 4 is 34.8 Å². The molecule has 0 radical (unpaired) electrons. The number of hydrogen-bond acceptors (Lipinski definition) is 3. The summed E-state index contributed by atoms with van der Waals surface area (Å²) in [6.07, 6.45) is 0. The van der Waals surface area contributed by atoms with Gasteiger partial charge in [-0.1, -0.05) is 11.6 Å². The zero-order chi connectivity index (χ0) is 17.7. The molecule has 0 heterocycles. The molecule has 0 saturated carbocycles. The molecule has 0 unspecified atom stereocenters. The molecular weight excluding hydrogens is 326 g/mol. The smallest absolute Gasteiger partial charge is 0.244 e. The molecule has 5 nitrogen and oxygen atoms in total. The van der Waals surface area contributed by atoms with Gasteiger partial charge in [0.15, 0.2) is 0 Å². The van der Waals surface area contributed by atoms with E-state index in [1.54, 1.807) is 42.5 Å². The van der Waals surface area contributed by atoms with Gasteiger partial charge in [-0.05, 0) is 55.0 Å². The van der Waals surface area contributed by atoms with Gasteiger partial charge in [0, 0.05) is 23.3 Å². The first-order chi connectivity index (χ1) is 11.4. The number of carbonyl (C=O) groups is 2. The summed E-state index contributed by atoms with van der Waals surface area (Å²) in [4.78, 5) is 25.5. The summed E-state index contributed by atoms with van der Waals surface area (Å²) in [5.41, 5.74) is 2.53. The highest BCUT2D eigenvalue weighted by molar-refractivity contribution is 6.30. The van der Waals surface area contributed by atoms with Gasteiger partial charge < -0.3 is 10.2 Å². The molecule has 6 heteroatoms. The van der Waals surface area contributed by atoms with E-state index in [0.29, 0.717) is 22.0 Å². The number of nitriles is 1.